The molecule has 6 nitrogen and oxygen atoms in total. The maximum Gasteiger partial charge on any atom is 0.231 e. The van der Waals surface area contributed by atoms with E-state index in [0.717, 1.165) is 5.56 Å². The van der Waals surface area contributed by atoms with Gasteiger partial charge in [-0.05, 0) is 17.7 Å². The van der Waals surface area contributed by atoms with Crippen LogP contribution in [0.4, 0.5) is 5.82 Å². The third-order valence-electron chi connectivity index (χ3n) is 3.83. The van der Waals surface area contributed by atoms with Crippen molar-refractivity contribution in [2.45, 2.75) is 13.0 Å². The van der Waals surface area contributed by atoms with Crippen LogP contribution in [0.1, 0.15) is 12.0 Å². The van der Waals surface area contributed by atoms with Crippen LogP contribution < -0.4 is 5.32 Å². The molecule has 118 valence electrons. The summed E-state index contributed by atoms with van der Waals surface area (Å²) < 4.78 is 0. The van der Waals surface area contributed by atoms with Gasteiger partial charge < -0.3 is 15.3 Å². The number of pyridine rings is 1. The van der Waals surface area contributed by atoms with Crippen molar-refractivity contribution >= 4 is 17.6 Å². The van der Waals surface area contributed by atoms with Crippen molar-refractivity contribution in [3.63, 3.8) is 0 Å². The summed E-state index contributed by atoms with van der Waals surface area (Å²) in [6.45, 7) is 0.867. The third kappa shape index (κ3) is 3.48. The third-order valence-corrected chi connectivity index (χ3v) is 3.83. The molecule has 1 atom stereocenters. The van der Waals surface area contributed by atoms with Crippen molar-refractivity contribution in [2.75, 3.05) is 11.9 Å². The van der Waals surface area contributed by atoms with E-state index < -0.39 is 5.92 Å². The monoisotopic (exact) mass is 311 g/mol. The number of rotatable bonds is 4. The number of likely N-dealkylation sites (tertiary alicyclic amines) is 1. The number of hydrogen-bond donors (Lipinski definition) is 2. The van der Waals surface area contributed by atoms with Gasteiger partial charge in [-0.3, -0.25) is 9.59 Å². The first-order valence-corrected chi connectivity index (χ1v) is 7.40. The predicted octanol–water partition coefficient (Wildman–Crippen LogP) is 1.77. The summed E-state index contributed by atoms with van der Waals surface area (Å²) in [6.07, 6.45) is 1.66. The number of benzene rings is 1. The van der Waals surface area contributed by atoms with Crippen LogP contribution in [0.25, 0.3) is 0 Å². The van der Waals surface area contributed by atoms with Gasteiger partial charge in [0.25, 0.3) is 0 Å². The first-order valence-electron chi connectivity index (χ1n) is 7.40. The van der Waals surface area contributed by atoms with Crippen molar-refractivity contribution in [1.82, 2.24) is 9.88 Å². The predicted molar refractivity (Wildman–Crippen MR) is 84.5 cm³/mol. The molecule has 0 unspecified atom stereocenters. The maximum atomic E-state index is 12.3. The van der Waals surface area contributed by atoms with Gasteiger partial charge in [0.05, 0.1) is 5.92 Å². The van der Waals surface area contributed by atoms with Crippen molar-refractivity contribution in [3.05, 3.63) is 54.2 Å². The first kappa shape index (κ1) is 15.0. The SMILES string of the molecule is O=C(Nc1ncccc1O)[C@@H]1CC(=O)N(Cc2ccccc2)C1. The van der Waals surface area contributed by atoms with Crippen LogP contribution in [0, 0.1) is 5.92 Å². The minimum absolute atomic E-state index is 0.0424. The van der Waals surface area contributed by atoms with Crippen LogP contribution in [0.3, 0.4) is 0 Å². The molecule has 2 N–H and O–H groups in total. The Balaban J connectivity index is 1.63. The quantitative estimate of drug-likeness (QED) is 0.901. The molecule has 0 radical (unpaired) electrons. The first-order chi connectivity index (χ1) is 11.1. The molecule has 2 heterocycles. The minimum atomic E-state index is -0.437. The van der Waals surface area contributed by atoms with Gasteiger partial charge in [-0.2, -0.15) is 0 Å². The Kier molecular flexibility index (Phi) is 4.23. The summed E-state index contributed by atoms with van der Waals surface area (Å²) in [6, 6.07) is 12.7. The molecule has 6 heteroatoms. The van der Waals surface area contributed by atoms with E-state index in [4.69, 9.17) is 0 Å². The number of amides is 2. The lowest BCUT2D eigenvalue weighted by atomic mass is 10.1. The maximum absolute atomic E-state index is 12.3. The Morgan fingerprint density at radius 3 is 2.78 bits per heavy atom. The van der Waals surface area contributed by atoms with Gasteiger partial charge in [0, 0.05) is 25.7 Å². The van der Waals surface area contributed by atoms with Gasteiger partial charge in [-0.15, -0.1) is 0 Å². The number of carbonyl (C=O) groups is 2. The standard InChI is InChI=1S/C17H17N3O3/c21-14-7-4-8-18-16(14)19-17(23)13-9-15(22)20(11-13)10-12-5-2-1-3-6-12/h1-8,13,21H,9-11H2,(H,18,19,23)/t13-/m1/s1. The summed E-state index contributed by atoms with van der Waals surface area (Å²) in [5.74, 6) is -0.757. The second-order valence-corrected chi connectivity index (χ2v) is 5.52. The van der Waals surface area contributed by atoms with E-state index >= 15 is 0 Å². The number of hydrogen-bond acceptors (Lipinski definition) is 4. The Labute approximate surface area is 133 Å². The molecule has 1 aromatic heterocycles. The molecule has 2 amide bonds. The molecule has 23 heavy (non-hydrogen) atoms. The van der Waals surface area contributed by atoms with Crippen molar-refractivity contribution in [3.8, 4) is 5.75 Å². The largest absolute Gasteiger partial charge is 0.504 e. The average Bonchev–Trinajstić information content (AvgIpc) is 2.92. The van der Waals surface area contributed by atoms with Crippen LogP contribution >= 0.6 is 0 Å². The zero-order valence-corrected chi connectivity index (χ0v) is 12.5. The van der Waals surface area contributed by atoms with E-state index in [-0.39, 0.29) is 29.8 Å². The van der Waals surface area contributed by atoms with Crippen molar-refractivity contribution in [2.24, 2.45) is 5.92 Å². The summed E-state index contributed by atoms with van der Waals surface area (Å²) in [5, 5.41) is 12.2. The van der Waals surface area contributed by atoms with E-state index in [1.165, 1.54) is 12.3 Å². The summed E-state index contributed by atoms with van der Waals surface area (Å²) in [4.78, 5) is 30.0. The Hall–Kier alpha value is -2.89. The molecule has 1 saturated heterocycles. The molecule has 3 rings (SSSR count). The number of aromatic hydroxyl groups is 1. The normalized spacial score (nSPS) is 17.3. The molecular weight excluding hydrogens is 294 g/mol. The summed E-state index contributed by atoms with van der Waals surface area (Å²) in [7, 11) is 0. The van der Waals surface area contributed by atoms with E-state index in [1.807, 2.05) is 30.3 Å². The number of carbonyl (C=O) groups excluding carboxylic acids is 2. The number of nitrogens with one attached hydrogen (secondary N) is 1. The Morgan fingerprint density at radius 2 is 2.04 bits per heavy atom. The number of anilines is 1. The Bertz CT molecular complexity index is 718. The molecular formula is C17H17N3O3. The summed E-state index contributed by atoms with van der Waals surface area (Å²) in [5.41, 5.74) is 1.03. The lowest BCUT2D eigenvalue weighted by Gasteiger charge is -2.16. The second kappa shape index (κ2) is 6.48. The zero-order valence-electron chi connectivity index (χ0n) is 12.5. The highest BCUT2D eigenvalue weighted by Gasteiger charge is 2.34. The van der Waals surface area contributed by atoms with E-state index in [2.05, 4.69) is 10.3 Å². The van der Waals surface area contributed by atoms with Gasteiger partial charge >= 0.3 is 0 Å². The highest BCUT2D eigenvalue weighted by molar-refractivity contribution is 5.97. The lowest BCUT2D eigenvalue weighted by Crippen LogP contribution is -2.28. The van der Waals surface area contributed by atoms with E-state index in [1.54, 1.807) is 11.0 Å². The second-order valence-electron chi connectivity index (χ2n) is 5.52. The molecule has 0 spiro atoms. The van der Waals surface area contributed by atoms with Gasteiger partial charge in [0.15, 0.2) is 11.6 Å². The molecule has 1 aromatic carbocycles. The fraction of sp³-hybridized carbons (Fsp3) is 0.235. The fourth-order valence-electron chi connectivity index (χ4n) is 2.62. The molecule has 1 aliphatic heterocycles. The molecule has 2 aromatic rings. The molecule has 1 aliphatic rings. The fourth-order valence-corrected chi connectivity index (χ4v) is 2.62. The van der Waals surface area contributed by atoms with Crippen molar-refractivity contribution < 1.29 is 14.7 Å². The smallest absolute Gasteiger partial charge is 0.231 e. The number of nitrogens with zero attached hydrogens (tertiary/aromatic N) is 2. The highest BCUT2D eigenvalue weighted by Crippen LogP contribution is 2.24. The minimum Gasteiger partial charge on any atom is -0.504 e. The zero-order chi connectivity index (χ0) is 16.2. The van der Waals surface area contributed by atoms with E-state index in [0.29, 0.717) is 13.1 Å². The van der Waals surface area contributed by atoms with Crippen LogP contribution in [-0.2, 0) is 16.1 Å². The van der Waals surface area contributed by atoms with E-state index in [9.17, 15) is 14.7 Å². The topological polar surface area (TPSA) is 82.5 Å². The van der Waals surface area contributed by atoms with Crippen LogP contribution in [0.15, 0.2) is 48.7 Å². The van der Waals surface area contributed by atoms with Crippen LogP contribution in [0.2, 0.25) is 0 Å². The van der Waals surface area contributed by atoms with Gasteiger partial charge in [0.2, 0.25) is 11.8 Å². The van der Waals surface area contributed by atoms with Crippen molar-refractivity contribution in [1.29, 1.82) is 0 Å². The molecule has 0 saturated carbocycles. The molecule has 1 fully saturated rings. The summed E-state index contributed by atoms with van der Waals surface area (Å²) >= 11 is 0. The van der Waals surface area contributed by atoms with Gasteiger partial charge in [0.1, 0.15) is 0 Å². The average molecular weight is 311 g/mol. The molecule has 0 bridgehead atoms. The Morgan fingerprint density at radius 1 is 1.26 bits per heavy atom. The number of aromatic nitrogens is 1. The van der Waals surface area contributed by atoms with Gasteiger partial charge in [-0.25, -0.2) is 4.98 Å². The van der Waals surface area contributed by atoms with Crippen LogP contribution in [0.5, 0.6) is 5.75 Å². The van der Waals surface area contributed by atoms with Crippen LogP contribution in [-0.4, -0.2) is 33.3 Å². The molecule has 0 aliphatic carbocycles. The highest BCUT2D eigenvalue weighted by atomic mass is 16.3. The van der Waals surface area contributed by atoms with Gasteiger partial charge in [-0.1, -0.05) is 30.3 Å². The lowest BCUT2D eigenvalue weighted by molar-refractivity contribution is -0.128.